The Morgan fingerprint density at radius 2 is 1.60 bits per heavy atom. The summed E-state index contributed by atoms with van der Waals surface area (Å²) in [5.74, 6) is -1.37. The van der Waals surface area contributed by atoms with Crippen molar-refractivity contribution in [3.8, 4) is 0 Å². The van der Waals surface area contributed by atoms with Crippen LogP contribution < -0.4 is 10.6 Å². The molecule has 2 rings (SSSR count). The van der Waals surface area contributed by atoms with Crippen molar-refractivity contribution in [2.45, 2.75) is 45.4 Å². The number of benzene rings is 2. The number of hydrogen-bond donors (Lipinski definition) is 1. The molecule has 0 fully saturated rings. The lowest BCUT2D eigenvalue weighted by Gasteiger charge is -2.24. The minimum Gasteiger partial charge on any atom is -0.434 e. The van der Waals surface area contributed by atoms with Gasteiger partial charge in [0.05, 0.1) is 12.7 Å². The Balaban J connectivity index is 2.03. The van der Waals surface area contributed by atoms with Gasteiger partial charge in [-0.15, -0.1) is 0 Å². The van der Waals surface area contributed by atoms with Gasteiger partial charge in [-0.05, 0) is 24.8 Å². The molecule has 2 aromatic carbocycles. The van der Waals surface area contributed by atoms with Crippen molar-refractivity contribution in [1.29, 1.82) is 0 Å². The van der Waals surface area contributed by atoms with Crippen LogP contribution in [0.5, 0.6) is 0 Å². The van der Waals surface area contributed by atoms with Crippen LogP contribution >= 0.6 is 7.14 Å². The molecule has 0 saturated carbocycles. The largest absolute Gasteiger partial charge is 0.434 e. The molecule has 30 heavy (non-hydrogen) atoms. The molecule has 2 aromatic rings. The number of hydrogen-bond acceptors (Lipinski definition) is 4. The number of esters is 1. The summed E-state index contributed by atoms with van der Waals surface area (Å²) >= 11 is 0. The fourth-order valence-corrected chi connectivity index (χ4v) is 5.77. The summed E-state index contributed by atoms with van der Waals surface area (Å²) in [5, 5.41) is 11.8. The third-order valence-electron chi connectivity index (χ3n) is 4.83. The van der Waals surface area contributed by atoms with Gasteiger partial charge in [-0.25, -0.2) is 0 Å². The number of aliphatic hydroxyl groups is 1. The maximum atomic E-state index is 13.9. The second-order valence-electron chi connectivity index (χ2n) is 7.75. The second kappa shape index (κ2) is 11.7. The van der Waals surface area contributed by atoms with Crippen molar-refractivity contribution >= 4 is 23.7 Å². The molecule has 0 radical (unpaired) electrons. The molecule has 0 spiro atoms. The van der Waals surface area contributed by atoms with E-state index in [9.17, 15) is 14.5 Å². The molecule has 0 aliphatic heterocycles. The van der Waals surface area contributed by atoms with E-state index in [1.54, 1.807) is 54.6 Å². The highest BCUT2D eigenvalue weighted by atomic mass is 31.2. The van der Waals surface area contributed by atoms with Gasteiger partial charge in [0.2, 0.25) is 0 Å². The van der Waals surface area contributed by atoms with Gasteiger partial charge in [0.15, 0.2) is 7.14 Å². The zero-order valence-corrected chi connectivity index (χ0v) is 18.6. The van der Waals surface area contributed by atoms with E-state index in [2.05, 4.69) is 20.4 Å². The Labute approximate surface area is 179 Å². The minimum absolute atomic E-state index is 0.370. The zero-order valence-electron chi connectivity index (χ0n) is 17.7. The Kier molecular flexibility index (Phi) is 9.29. The molecule has 5 heteroatoms. The average Bonchev–Trinajstić information content (AvgIpc) is 2.74. The van der Waals surface area contributed by atoms with Crippen LogP contribution in [-0.2, 0) is 14.1 Å². The number of ether oxygens (including phenoxy) is 1. The predicted octanol–water partition coefficient (Wildman–Crippen LogP) is 5.15. The van der Waals surface area contributed by atoms with Gasteiger partial charge in [-0.2, -0.15) is 0 Å². The number of aliphatic hydroxyl groups excluding tert-OH is 1. The van der Waals surface area contributed by atoms with E-state index in [-0.39, 0.29) is 6.42 Å². The normalized spacial score (nSPS) is 12.8. The first-order chi connectivity index (χ1) is 14.3. The summed E-state index contributed by atoms with van der Waals surface area (Å²) in [7, 11) is -3.43. The summed E-state index contributed by atoms with van der Waals surface area (Å²) in [6, 6.07) is 17.6. The Bertz CT molecular complexity index is 844. The summed E-state index contributed by atoms with van der Waals surface area (Å²) in [4.78, 5) is 12.3. The Morgan fingerprint density at radius 1 is 1.07 bits per heavy atom. The maximum Gasteiger partial charge on any atom is 0.313 e. The monoisotopic (exact) mass is 426 g/mol. The Morgan fingerprint density at radius 3 is 2.10 bits per heavy atom. The predicted molar refractivity (Wildman–Crippen MR) is 123 cm³/mol. The van der Waals surface area contributed by atoms with E-state index in [4.69, 9.17) is 4.74 Å². The van der Waals surface area contributed by atoms with E-state index in [1.165, 1.54) is 6.26 Å². The zero-order chi connectivity index (χ0) is 22.0. The van der Waals surface area contributed by atoms with Crippen LogP contribution in [0, 0.1) is 5.92 Å². The summed E-state index contributed by atoms with van der Waals surface area (Å²) in [6.07, 6.45) is 5.58. The van der Waals surface area contributed by atoms with Gasteiger partial charge in [0.25, 0.3) is 0 Å². The molecule has 1 unspecified atom stereocenters. The lowest BCUT2D eigenvalue weighted by molar-refractivity contribution is -0.139. The summed E-state index contributed by atoms with van der Waals surface area (Å²) in [6.45, 7) is 8.31. The molecule has 0 amide bonds. The summed E-state index contributed by atoms with van der Waals surface area (Å²) < 4.78 is 19.0. The van der Waals surface area contributed by atoms with Crippen LogP contribution in [0.15, 0.2) is 85.2 Å². The number of rotatable bonds is 11. The van der Waals surface area contributed by atoms with Crippen LogP contribution in [0.25, 0.3) is 0 Å². The van der Waals surface area contributed by atoms with E-state index < -0.39 is 19.0 Å². The first-order valence-corrected chi connectivity index (χ1v) is 12.0. The van der Waals surface area contributed by atoms with E-state index >= 15 is 0 Å². The first-order valence-electron chi connectivity index (χ1n) is 10.3. The Hall–Kier alpha value is -2.42. The standard InChI is InChI=1S/C25H31O4P/c1-20(2)11-10-12-21(3)17-18-29-24(26)19-25(27)30(28,22-13-6-4-7-14-22)23-15-8-5-9-16-23/h4-9,13-18,20,25,27H,3,10-12,19H2,1-2H3. The number of allylic oxidation sites excluding steroid dienone is 2. The van der Waals surface area contributed by atoms with Crippen molar-refractivity contribution in [3.63, 3.8) is 0 Å². The highest BCUT2D eigenvalue weighted by Gasteiger charge is 2.37. The lowest BCUT2D eigenvalue weighted by Crippen LogP contribution is -2.27. The summed E-state index contributed by atoms with van der Waals surface area (Å²) in [5.41, 5.74) is 0.878. The fraction of sp³-hybridized carbons (Fsp3) is 0.320. The van der Waals surface area contributed by atoms with Gasteiger partial charge >= 0.3 is 5.97 Å². The molecule has 0 heterocycles. The lowest BCUT2D eigenvalue weighted by atomic mass is 10.0. The van der Waals surface area contributed by atoms with Crippen molar-refractivity contribution in [2.75, 3.05) is 0 Å². The molecule has 4 nitrogen and oxygen atoms in total. The van der Waals surface area contributed by atoms with Crippen LogP contribution in [0.3, 0.4) is 0 Å². The molecule has 1 N–H and O–H groups in total. The topological polar surface area (TPSA) is 63.6 Å². The van der Waals surface area contributed by atoms with Gasteiger partial charge < -0.3 is 14.4 Å². The van der Waals surface area contributed by atoms with E-state index in [0.29, 0.717) is 16.5 Å². The third-order valence-corrected chi connectivity index (χ3v) is 7.98. The van der Waals surface area contributed by atoms with Crippen molar-refractivity contribution in [1.82, 2.24) is 0 Å². The smallest absolute Gasteiger partial charge is 0.313 e. The van der Waals surface area contributed by atoms with Crippen LogP contribution in [-0.4, -0.2) is 16.9 Å². The quantitative estimate of drug-likeness (QED) is 0.234. The SMILES string of the molecule is C=C(C=COC(=O)CC(O)P(=O)(c1ccccc1)c1ccccc1)CCCC(C)C. The van der Waals surface area contributed by atoms with Crippen molar-refractivity contribution < 1.29 is 19.2 Å². The maximum absolute atomic E-state index is 13.9. The molecule has 0 aromatic heterocycles. The van der Waals surface area contributed by atoms with Crippen LogP contribution in [0.2, 0.25) is 0 Å². The first kappa shape index (κ1) is 23.9. The van der Waals surface area contributed by atoms with Crippen LogP contribution in [0.1, 0.15) is 39.5 Å². The number of carbonyl (C=O) groups excluding carboxylic acids is 1. The van der Waals surface area contributed by atoms with Crippen LogP contribution in [0.4, 0.5) is 0 Å². The molecule has 0 aliphatic carbocycles. The highest BCUT2D eigenvalue weighted by Crippen LogP contribution is 2.48. The molecule has 0 bridgehead atoms. The average molecular weight is 426 g/mol. The molecule has 0 aliphatic rings. The number of carbonyl (C=O) groups is 1. The van der Waals surface area contributed by atoms with Gasteiger partial charge in [0.1, 0.15) is 5.85 Å². The molecular weight excluding hydrogens is 395 g/mol. The van der Waals surface area contributed by atoms with Gasteiger partial charge in [0, 0.05) is 10.6 Å². The highest BCUT2D eigenvalue weighted by molar-refractivity contribution is 7.79. The van der Waals surface area contributed by atoms with Crippen molar-refractivity contribution in [3.05, 3.63) is 85.2 Å². The second-order valence-corrected chi connectivity index (χ2v) is 10.7. The van der Waals surface area contributed by atoms with E-state index in [1.807, 2.05) is 12.1 Å². The molecule has 160 valence electrons. The molecule has 0 saturated heterocycles. The van der Waals surface area contributed by atoms with E-state index in [0.717, 1.165) is 24.8 Å². The van der Waals surface area contributed by atoms with Gasteiger partial charge in [-0.3, -0.25) is 4.79 Å². The van der Waals surface area contributed by atoms with Gasteiger partial charge in [-0.1, -0.05) is 93.1 Å². The minimum atomic E-state index is -3.43. The van der Waals surface area contributed by atoms with Crippen molar-refractivity contribution in [2.24, 2.45) is 5.92 Å². The molecule has 1 atom stereocenters. The fourth-order valence-electron chi connectivity index (χ4n) is 3.14. The third kappa shape index (κ3) is 6.83. The molecular formula is C25H31O4P.